The predicted molar refractivity (Wildman–Crippen MR) is 81.6 cm³/mol. The Morgan fingerprint density at radius 1 is 1.26 bits per heavy atom. The van der Waals surface area contributed by atoms with E-state index in [1.807, 2.05) is 0 Å². The Kier molecular flexibility index (Phi) is 5.20. The fraction of sp³-hybridized carbons (Fsp3) is 0.688. The normalized spacial score (nSPS) is 16.6. The lowest BCUT2D eigenvalue weighted by atomic mass is 9.94. The highest BCUT2D eigenvalue weighted by Crippen LogP contribution is 2.25. The van der Waals surface area contributed by atoms with Crippen molar-refractivity contribution < 1.29 is 0 Å². The summed E-state index contributed by atoms with van der Waals surface area (Å²) in [7, 11) is 2.20. The lowest BCUT2D eigenvalue weighted by molar-refractivity contribution is 0.426. The van der Waals surface area contributed by atoms with Gasteiger partial charge in [-0.15, -0.1) is 0 Å². The van der Waals surface area contributed by atoms with Crippen LogP contribution in [0.2, 0.25) is 0 Å². The molecule has 0 bridgehead atoms. The fourth-order valence-electron chi connectivity index (χ4n) is 2.93. The van der Waals surface area contributed by atoms with Crippen molar-refractivity contribution in [2.24, 2.45) is 0 Å². The van der Waals surface area contributed by atoms with Gasteiger partial charge in [0.15, 0.2) is 0 Å². The first-order valence-corrected chi connectivity index (χ1v) is 7.62. The number of hydrogen-bond acceptors (Lipinski definition) is 3. The molecule has 0 amide bonds. The van der Waals surface area contributed by atoms with E-state index in [1.54, 1.807) is 0 Å². The van der Waals surface area contributed by atoms with Gasteiger partial charge in [-0.05, 0) is 44.0 Å². The van der Waals surface area contributed by atoms with Gasteiger partial charge in [0.05, 0.1) is 0 Å². The summed E-state index contributed by atoms with van der Waals surface area (Å²) in [5.74, 6) is 1.14. The van der Waals surface area contributed by atoms with Crippen molar-refractivity contribution in [1.29, 1.82) is 0 Å². The van der Waals surface area contributed by atoms with Crippen molar-refractivity contribution in [2.75, 3.05) is 18.5 Å². The molecule has 0 unspecified atom stereocenters. The molecule has 1 aliphatic carbocycles. The fourth-order valence-corrected chi connectivity index (χ4v) is 2.93. The summed E-state index contributed by atoms with van der Waals surface area (Å²) in [5, 5.41) is 3.39. The minimum Gasteiger partial charge on any atom is -0.357 e. The van der Waals surface area contributed by atoms with E-state index in [1.165, 1.54) is 37.7 Å². The zero-order chi connectivity index (χ0) is 13.7. The van der Waals surface area contributed by atoms with E-state index in [0.717, 1.165) is 24.6 Å². The number of hydrogen-bond donors (Lipinski definition) is 1. The molecular formula is C16H27N3. The molecule has 106 valence electrons. The van der Waals surface area contributed by atoms with Gasteiger partial charge in [-0.2, -0.15) is 0 Å². The number of rotatable bonds is 5. The van der Waals surface area contributed by atoms with Crippen LogP contribution in [0.25, 0.3) is 0 Å². The highest BCUT2D eigenvalue weighted by molar-refractivity contribution is 5.43. The molecule has 3 nitrogen and oxygen atoms in total. The van der Waals surface area contributed by atoms with E-state index in [0.29, 0.717) is 6.04 Å². The molecule has 0 atom stereocenters. The van der Waals surface area contributed by atoms with E-state index < -0.39 is 0 Å². The van der Waals surface area contributed by atoms with Crippen molar-refractivity contribution in [3.63, 3.8) is 0 Å². The van der Waals surface area contributed by atoms with Gasteiger partial charge in [0.2, 0.25) is 0 Å². The standard InChI is InChI=1S/C16H27N3/c1-4-17-12-14-10-13(2)18-16(11-14)19(3)15-8-6-5-7-9-15/h10-11,15,17H,4-9,12H2,1-3H3. The summed E-state index contributed by atoms with van der Waals surface area (Å²) in [5.41, 5.74) is 2.46. The summed E-state index contributed by atoms with van der Waals surface area (Å²) in [6.07, 6.45) is 6.76. The van der Waals surface area contributed by atoms with Crippen LogP contribution < -0.4 is 10.2 Å². The molecule has 1 aromatic rings. The van der Waals surface area contributed by atoms with E-state index in [4.69, 9.17) is 4.98 Å². The second kappa shape index (κ2) is 6.90. The van der Waals surface area contributed by atoms with Crippen LogP contribution in [0.1, 0.15) is 50.3 Å². The van der Waals surface area contributed by atoms with Crippen LogP contribution in [0.5, 0.6) is 0 Å². The largest absolute Gasteiger partial charge is 0.357 e. The van der Waals surface area contributed by atoms with E-state index in [-0.39, 0.29) is 0 Å². The van der Waals surface area contributed by atoms with Crippen LogP contribution in [0.4, 0.5) is 5.82 Å². The van der Waals surface area contributed by atoms with Gasteiger partial charge < -0.3 is 10.2 Å². The Morgan fingerprint density at radius 2 is 2.00 bits per heavy atom. The zero-order valence-corrected chi connectivity index (χ0v) is 12.6. The van der Waals surface area contributed by atoms with Crippen LogP contribution >= 0.6 is 0 Å². The Morgan fingerprint density at radius 3 is 2.68 bits per heavy atom. The number of nitrogens with one attached hydrogen (secondary N) is 1. The molecule has 1 N–H and O–H groups in total. The number of nitrogens with zero attached hydrogens (tertiary/aromatic N) is 2. The third-order valence-electron chi connectivity index (χ3n) is 4.06. The van der Waals surface area contributed by atoms with Gasteiger partial charge in [0.1, 0.15) is 5.82 Å². The zero-order valence-electron chi connectivity index (χ0n) is 12.6. The lowest BCUT2D eigenvalue weighted by Crippen LogP contribution is -2.34. The van der Waals surface area contributed by atoms with Gasteiger partial charge in [0.25, 0.3) is 0 Å². The van der Waals surface area contributed by atoms with Gasteiger partial charge in [-0.25, -0.2) is 4.98 Å². The lowest BCUT2D eigenvalue weighted by Gasteiger charge is -2.32. The molecule has 0 aliphatic heterocycles. The van der Waals surface area contributed by atoms with Crippen molar-refractivity contribution in [2.45, 2.75) is 58.5 Å². The highest BCUT2D eigenvalue weighted by atomic mass is 15.2. The molecule has 1 heterocycles. The monoisotopic (exact) mass is 261 g/mol. The van der Waals surface area contributed by atoms with Gasteiger partial charge >= 0.3 is 0 Å². The van der Waals surface area contributed by atoms with Crippen LogP contribution in [-0.2, 0) is 6.54 Å². The first-order chi connectivity index (χ1) is 9.20. The maximum atomic E-state index is 4.72. The third-order valence-corrected chi connectivity index (χ3v) is 4.06. The Hall–Kier alpha value is -1.09. The quantitative estimate of drug-likeness (QED) is 0.881. The molecule has 0 spiro atoms. The predicted octanol–water partition coefficient (Wildman–Crippen LogP) is 3.27. The Labute approximate surface area is 117 Å². The van der Waals surface area contributed by atoms with Crippen LogP contribution in [0.3, 0.4) is 0 Å². The average molecular weight is 261 g/mol. The maximum Gasteiger partial charge on any atom is 0.129 e. The Bertz CT molecular complexity index is 397. The molecule has 2 rings (SSSR count). The summed E-state index contributed by atoms with van der Waals surface area (Å²) in [6, 6.07) is 5.10. The van der Waals surface area contributed by atoms with E-state index in [9.17, 15) is 0 Å². The van der Waals surface area contributed by atoms with Crippen molar-refractivity contribution >= 4 is 5.82 Å². The molecule has 0 saturated heterocycles. The van der Waals surface area contributed by atoms with Crippen LogP contribution in [0, 0.1) is 6.92 Å². The van der Waals surface area contributed by atoms with E-state index in [2.05, 4.69) is 43.2 Å². The van der Waals surface area contributed by atoms with Crippen molar-refractivity contribution in [1.82, 2.24) is 10.3 Å². The molecule has 1 aliphatic rings. The molecule has 1 saturated carbocycles. The number of pyridine rings is 1. The molecule has 19 heavy (non-hydrogen) atoms. The van der Waals surface area contributed by atoms with E-state index >= 15 is 0 Å². The molecule has 1 aromatic heterocycles. The summed E-state index contributed by atoms with van der Waals surface area (Å²) in [4.78, 5) is 7.11. The first kappa shape index (κ1) is 14.3. The first-order valence-electron chi connectivity index (χ1n) is 7.62. The van der Waals surface area contributed by atoms with Crippen molar-refractivity contribution in [3.8, 4) is 0 Å². The smallest absolute Gasteiger partial charge is 0.129 e. The molecule has 1 fully saturated rings. The topological polar surface area (TPSA) is 28.2 Å². The minimum absolute atomic E-state index is 0.676. The van der Waals surface area contributed by atoms with Crippen LogP contribution in [-0.4, -0.2) is 24.6 Å². The van der Waals surface area contributed by atoms with Crippen molar-refractivity contribution in [3.05, 3.63) is 23.4 Å². The molecule has 0 aromatic carbocycles. The Balaban J connectivity index is 2.11. The molecule has 0 radical (unpaired) electrons. The number of aromatic nitrogens is 1. The minimum atomic E-state index is 0.676. The van der Waals surface area contributed by atoms with Crippen LogP contribution in [0.15, 0.2) is 12.1 Å². The highest BCUT2D eigenvalue weighted by Gasteiger charge is 2.19. The average Bonchev–Trinajstić information content (AvgIpc) is 2.44. The van der Waals surface area contributed by atoms with Gasteiger partial charge in [0, 0.05) is 25.3 Å². The molecule has 3 heteroatoms. The molecular weight excluding hydrogens is 234 g/mol. The second-order valence-electron chi connectivity index (χ2n) is 5.66. The third kappa shape index (κ3) is 3.93. The summed E-state index contributed by atoms with van der Waals surface area (Å²) < 4.78 is 0. The number of aryl methyl sites for hydroxylation is 1. The van der Waals surface area contributed by atoms with Gasteiger partial charge in [-0.1, -0.05) is 26.2 Å². The second-order valence-corrected chi connectivity index (χ2v) is 5.66. The maximum absolute atomic E-state index is 4.72. The summed E-state index contributed by atoms with van der Waals surface area (Å²) >= 11 is 0. The number of anilines is 1. The summed E-state index contributed by atoms with van der Waals surface area (Å²) in [6.45, 7) is 6.18. The van der Waals surface area contributed by atoms with Gasteiger partial charge in [-0.3, -0.25) is 0 Å². The SMILES string of the molecule is CCNCc1cc(C)nc(N(C)C2CCCCC2)c1.